The quantitative estimate of drug-likeness (QED) is 0.327. The highest BCUT2D eigenvalue weighted by molar-refractivity contribution is 7.98. The van der Waals surface area contributed by atoms with Gasteiger partial charge in [-0.15, -0.1) is 10.2 Å². The summed E-state index contributed by atoms with van der Waals surface area (Å²) in [6.07, 6.45) is 0. The van der Waals surface area contributed by atoms with Crippen LogP contribution in [0.3, 0.4) is 0 Å². The van der Waals surface area contributed by atoms with E-state index in [0.717, 1.165) is 21.8 Å². The van der Waals surface area contributed by atoms with E-state index in [1.54, 1.807) is 34.5 Å². The molecule has 0 spiro atoms. The molecular weight excluding hydrogens is 444 g/mol. The molecule has 2 heterocycles. The average molecular weight is 467 g/mol. The Kier molecular flexibility index (Phi) is 6.94. The van der Waals surface area contributed by atoms with Gasteiger partial charge in [-0.3, -0.25) is 0 Å². The van der Waals surface area contributed by atoms with Crippen molar-refractivity contribution in [1.82, 2.24) is 20.3 Å². The monoisotopic (exact) mass is 466 g/mol. The lowest BCUT2D eigenvalue weighted by Crippen LogP contribution is -1.93. The van der Waals surface area contributed by atoms with Gasteiger partial charge in [-0.1, -0.05) is 16.9 Å². The van der Waals surface area contributed by atoms with Crippen molar-refractivity contribution < 1.29 is 23.5 Å². The molecule has 170 valence electrons. The molecule has 0 bridgehead atoms. The van der Waals surface area contributed by atoms with Crippen molar-refractivity contribution in [3.8, 4) is 45.6 Å². The second kappa shape index (κ2) is 10.2. The van der Waals surface area contributed by atoms with E-state index in [2.05, 4.69) is 20.3 Å². The summed E-state index contributed by atoms with van der Waals surface area (Å²) in [6, 6.07) is 14.8. The largest absolute Gasteiger partial charge is 0.497 e. The molecule has 0 unspecified atom stereocenters. The van der Waals surface area contributed by atoms with E-state index in [-0.39, 0.29) is 0 Å². The topological polar surface area (TPSA) is 102 Å². The van der Waals surface area contributed by atoms with Crippen molar-refractivity contribution in [3.05, 3.63) is 54.4 Å². The van der Waals surface area contributed by atoms with Crippen molar-refractivity contribution in [2.75, 3.05) is 28.4 Å². The zero-order chi connectivity index (χ0) is 23.2. The Labute approximate surface area is 195 Å². The summed E-state index contributed by atoms with van der Waals surface area (Å²) in [7, 11) is 6.38. The van der Waals surface area contributed by atoms with Gasteiger partial charge in [-0.25, -0.2) is 0 Å². The molecule has 0 N–H and O–H groups in total. The summed E-state index contributed by atoms with van der Waals surface area (Å²) < 4.78 is 26.6. The van der Waals surface area contributed by atoms with E-state index in [9.17, 15) is 0 Å². The van der Waals surface area contributed by atoms with Crippen molar-refractivity contribution in [1.29, 1.82) is 0 Å². The van der Waals surface area contributed by atoms with Crippen LogP contribution < -0.4 is 18.9 Å². The predicted molar refractivity (Wildman–Crippen MR) is 123 cm³/mol. The van der Waals surface area contributed by atoms with Gasteiger partial charge >= 0.3 is 0 Å². The van der Waals surface area contributed by atoms with Gasteiger partial charge in [0.05, 0.1) is 39.9 Å². The van der Waals surface area contributed by atoms with Gasteiger partial charge in [-0.2, -0.15) is 4.98 Å². The molecule has 0 saturated heterocycles. The second-order valence-corrected chi connectivity index (χ2v) is 7.72. The molecule has 0 amide bonds. The molecule has 0 aliphatic carbocycles. The second-order valence-electron chi connectivity index (χ2n) is 6.73. The van der Waals surface area contributed by atoms with Gasteiger partial charge in [0.15, 0.2) is 11.5 Å². The van der Waals surface area contributed by atoms with E-state index in [1.807, 2.05) is 42.5 Å². The lowest BCUT2D eigenvalue weighted by Gasteiger charge is -2.09. The van der Waals surface area contributed by atoms with Gasteiger partial charge in [0.25, 0.3) is 0 Å². The Morgan fingerprint density at radius 1 is 0.758 bits per heavy atom. The number of aromatic nitrogens is 4. The molecule has 4 aromatic rings. The van der Waals surface area contributed by atoms with Crippen LogP contribution in [-0.4, -0.2) is 48.8 Å². The van der Waals surface area contributed by atoms with Gasteiger partial charge in [-0.05, 0) is 42.5 Å². The molecule has 2 aromatic heterocycles. The molecule has 33 heavy (non-hydrogen) atoms. The number of methoxy groups -OCH3 is 4. The van der Waals surface area contributed by atoms with E-state index in [4.69, 9.17) is 23.5 Å². The number of rotatable bonds is 9. The van der Waals surface area contributed by atoms with Crippen molar-refractivity contribution in [2.45, 2.75) is 10.8 Å². The summed E-state index contributed by atoms with van der Waals surface area (Å²) >= 11 is 1.45. The zero-order valence-electron chi connectivity index (χ0n) is 18.6. The number of thioether (sulfide) groups is 1. The third kappa shape index (κ3) is 5.17. The standard InChI is InChI=1S/C23H22N4O5S/c1-28-16-9-15(10-17(12-16)29-2)23-24-21(32-27-23)13-33-22-8-6-18(25-26-22)14-5-7-19(30-3)20(11-14)31-4/h5-12H,13H2,1-4H3. The van der Waals surface area contributed by atoms with Crippen LogP contribution in [0.5, 0.6) is 23.0 Å². The first-order valence-corrected chi connectivity index (χ1v) is 10.9. The summed E-state index contributed by atoms with van der Waals surface area (Å²) in [4.78, 5) is 4.46. The minimum absolute atomic E-state index is 0.456. The van der Waals surface area contributed by atoms with Crippen LogP contribution in [0.15, 0.2) is 58.1 Å². The summed E-state index contributed by atoms with van der Waals surface area (Å²) in [5.74, 6) is 3.98. The first-order valence-electron chi connectivity index (χ1n) is 9.88. The highest BCUT2D eigenvalue weighted by Gasteiger charge is 2.13. The number of nitrogens with zero attached hydrogens (tertiary/aromatic N) is 4. The van der Waals surface area contributed by atoms with E-state index in [1.165, 1.54) is 11.8 Å². The fraction of sp³-hybridized carbons (Fsp3) is 0.217. The van der Waals surface area contributed by atoms with Crippen LogP contribution in [0.1, 0.15) is 5.89 Å². The first kappa shape index (κ1) is 22.4. The normalized spacial score (nSPS) is 10.7. The Hall–Kier alpha value is -3.79. The fourth-order valence-electron chi connectivity index (χ4n) is 3.05. The van der Waals surface area contributed by atoms with E-state index < -0.39 is 0 Å². The number of hydrogen-bond donors (Lipinski definition) is 0. The summed E-state index contributed by atoms with van der Waals surface area (Å²) in [5.41, 5.74) is 2.35. The van der Waals surface area contributed by atoms with Gasteiger partial charge < -0.3 is 23.5 Å². The minimum Gasteiger partial charge on any atom is -0.497 e. The number of benzene rings is 2. The Morgan fingerprint density at radius 3 is 2.15 bits per heavy atom. The van der Waals surface area contributed by atoms with Crippen LogP contribution >= 0.6 is 11.8 Å². The molecule has 10 heteroatoms. The van der Waals surface area contributed by atoms with Gasteiger partial charge in [0.2, 0.25) is 11.7 Å². The molecule has 2 aromatic carbocycles. The van der Waals surface area contributed by atoms with Crippen LogP contribution in [0.25, 0.3) is 22.6 Å². The zero-order valence-corrected chi connectivity index (χ0v) is 19.4. The van der Waals surface area contributed by atoms with Crippen LogP contribution in [-0.2, 0) is 5.75 Å². The molecular formula is C23H22N4O5S. The number of hydrogen-bond acceptors (Lipinski definition) is 10. The highest BCUT2D eigenvalue weighted by Crippen LogP contribution is 2.32. The lowest BCUT2D eigenvalue weighted by molar-refractivity contribution is 0.355. The van der Waals surface area contributed by atoms with Crippen molar-refractivity contribution >= 4 is 11.8 Å². The highest BCUT2D eigenvalue weighted by atomic mass is 32.2. The average Bonchev–Trinajstić information content (AvgIpc) is 3.36. The van der Waals surface area contributed by atoms with Crippen molar-refractivity contribution in [3.63, 3.8) is 0 Å². The smallest absolute Gasteiger partial charge is 0.237 e. The molecule has 0 aliphatic rings. The SMILES string of the molecule is COc1cc(OC)cc(-c2noc(CSc3ccc(-c4ccc(OC)c(OC)c4)nn3)n2)c1. The molecule has 0 aliphatic heterocycles. The minimum atomic E-state index is 0.456. The number of ether oxygens (including phenoxy) is 4. The Bertz CT molecular complexity index is 1210. The van der Waals surface area contributed by atoms with Crippen LogP contribution in [0, 0.1) is 0 Å². The third-order valence-corrected chi connectivity index (χ3v) is 5.65. The molecule has 0 saturated carbocycles. The maximum Gasteiger partial charge on any atom is 0.237 e. The maximum absolute atomic E-state index is 5.39. The maximum atomic E-state index is 5.39. The lowest BCUT2D eigenvalue weighted by atomic mass is 10.1. The first-order chi connectivity index (χ1) is 16.1. The van der Waals surface area contributed by atoms with Crippen LogP contribution in [0.4, 0.5) is 0 Å². The molecule has 0 fully saturated rings. The molecule has 0 radical (unpaired) electrons. The van der Waals surface area contributed by atoms with Gasteiger partial charge in [0.1, 0.15) is 16.5 Å². The van der Waals surface area contributed by atoms with Gasteiger partial charge in [0, 0.05) is 17.2 Å². The van der Waals surface area contributed by atoms with E-state index in [0.29, 0.717) is 40.5 Å². The Balaban J connectivity index is 1.43. The van der Waals surface area contributed by atoms with Crippen LogP contribution in [0.2, 0.25) is 0 Å². The Morgan fingerprint density at radius 2 is 1.52 bits per heavy atom. The predicted octanol–water partition coefficient (Wildman–Crippen LogP) is 4.52. The molecule has 4 rings (SSSR count). The molecule has 0 atom stereocenters. The van der Waals surface area contributed by atoms with E-state index >= 15 is 0 Å². The molecule has 9 nitrogen and oxygen atoms in total. The fourth-order valence-corrected chi connectivity index (χ4v) is 3.70. The summed E-state index contributed by atoms with van der Waals surface area (Å²) in [6.45, 7) is 0. The summed E-state index contributed by atoms with van der Waals surface area (Å²) in [5, 5.41) is 13.4. The van der Waals surface area contributed by atoms with Crippen molar-refractivity contribution in [2.24, 2.45) is 0 Å². The third-order valence-electron chi connectivity index (χ3n) is 4.74.